The van der Waals surface area contributed by atoms with Crippen LogP contribution in [-0.4, -0.2) is 39.9 Å². The van der Waals surface area contributed by atoms with Gasteiger partial charge in [-0.2, -0.15) is 11.3 Å². The van der Waals surface area contributed by atoms with E-state index in [1.54, 1.807) is 0 Å². The summed E-state index contributed by atoms with van der Waals surface area (Å²) in [6, 6.07) is 151. The molecule has 0 bridgehead atoms. The Labute approximate surface area is 921 Å². The van der Waals surface area contributed by atoms with Gasteiger partial charge in [-0.3, -0.25) is 0 Å². The second-order valence-corrected chi connectivity index (χ2v) is 40.1. The molecule has 10 heterocycles. The molecule has 146 heavy (non-hydrogen) atoms. The molecule has 4 radical (unpaired) electrons. The number of aryl methyl sites for hydroxylation is 3. The predicted molar refractivity (Wildman–Crippen MR) is 593 cm³/mol. The molecule has 14 heteroatoms. The third-order valence-electron chi connectivity index (χ3n) is 23.3. The van der Waals surface area contributed by atoms with Crippen molar-refractivity contribution in [2.24, 2.45) is 5.41 Å². The van der Waals surface area contributed by atoms with Gasteiger partial charge in [0.2, 0.25) is 0 Å². The quantitative estimate of drug-likeness (QED) is 0.117. The van der Waals surface area contributed by atoms with Crippen molar-refractivity contribution in [3.05, 3.63) is 507 Å². The SMILES string of the molecule is CC(C)(C)Cc1ccc(-c2[c-]cccc2)nc1.CC(C)(C)c1ccc(-c2[c-]ccc(-c3ccccc3)c2)nc1.CC(C)(C)c1ccc(-c2[c-]cccc2)nc1.CC(C)(C)c1ccnc(-c2[c-]ccc(-c3ccccc3)c2)c1.Cc1ccc(-c2[c-]cccc2)nc1.Cc1ccc(-c2[c-]cccc2)nc1.Cc1ccnc(-c2[c-]cc3oc4ccccc4c3c2)c1.[Ir].[Ir].[Ir].[Ir].[c-]1cc2sc3ccccc3c2cc1-c1ccccn1. The van der Waals surface area contributed by atoms with E-state index < -0.39 is 0 Å². The summed E-state index contributed by atoms with van der Waals surface area (Å²) in [4.78, 5) is 35.6. The Hall–Kier alpha value is -13.5. The van der Waals surface area contributed by atoms with Crippen molar-refractivity contribution in [3.8, 4) is 112 Å². The van der Waals surface area contributed by atoms with Crippen LogP contribution >= 0.6 is 11.3 Å². The zero-order valence-electron chi connectivity index (χ0n) is 84.8. The summed E-state index contributed by atoms with van der Waals surface area (Å²) in [5.74, 6) is 0. The van der Waals surface area contributed by atoms with Crippen LogP contribution in [0.1, 0.15) is 122 Å². The van der Waals surface area contributed by atoms with Gasteiger partial charge in [0.25, 0.3) is 0 Å². The van der Waals surface area contributed by atoms with Gasteiger partial charge in [-0.1, -0.05) is 281 Å². The number of thiophene rings is 1. The number of hydrogen-bond donors (Lipinski definition) is 0. The molecule has 0 saturated carbocycles. The van der Waals surface area contributed by atoms with Crippen molar-refractivity contribution in [1.82, 2.24) is 39.9 Å². The molecule has 22 rings (SSSR count). The molecule has 0 saturated heterocycles. The van der Waals surface area contributed by atoms with E-state index in [-0.39, 0.29) is 96.7 Å². The van der Waals surface area contributed by atoms with Crippen molar-refractivity contribution in [1.29, 1.82) is 0 Å². The molecule has 0 fully saturated rings. The molecule has 12 aromatic carbocycles. The zero-order chi connectivity index (χ0) is 99.4. The summed E-state index contributed by atoms with van der Waals surface area (Å²) in [6.07, 6.45) is 16.2. The van der Waals surface area contributed by atoms with E-state index in [1.165, 1.54) is 81.4 Å². The summed E-state index contributed by atoms with van der Waals surface area (Å²) in [7, 11) is 0. The molecule has 0 amide bonds. The summed E-state index contributed by atoms with van der Waals surface area (Å²) in [5.41, 5.74) is 32.0. The van der Waals surface area contributed by atoms with Crippen LogP contribution in [0, 0.1) is 74.7 Å². The van der Waals surface area contributed by atoms with Crippen LogP contribution in [0.25, 0.3) is 154 Å². The summed E-state index contributed by atoms with van der Waals surface area (Å²) in [5, 5.41) is 4.84. The van der Waals surface area contributed by atoms with E-state index in [9.17, 15) is 0 Å². The molecule has 0 atom stereocenters. The third kappa shape index (κ3) is 32.5. The van der Waals surface area contributed by atoms with Crippen LogP contribution in [0.4, 0.5) is 0 Å². The van der Waals surface area contributed by atoms with Crippen LogP contribution in [-0.2, 0) is 103 Å². The topological polar surface area (TPSA) is 116 Å². The van der Waals surface area contributed by atoms with Crippen molar-refractivity contribution in [3.63, 3.8) is 0 Å². The fourth-order valence-corrected chi connectivity index (χ4v) is 16.6. The molecular formula is C132H116Ir4N8OS-8. The van der Waals surface area contributed by atoms with E-state index in [1.807, 2.05) is 257 Å². The second kappa shape index (κ2) is 54.0. The average Bonchev–Trinajstić information content (AvgIpc) is 1.63. The molecular weight excluding hydrogens is 2510 g/mol. The summed E-state index contributed by atoms with van der Waals surface area (Å²) < 4.78 is 8.42. The first-order valence-corrected chi connectivity index (χ1v) is 48.7. The molecule has 740 valence electrons. The smallest absolute Gasteiger partial charge is 0.120 e. The monoisotopic (exact) mass is 2630 g/mol. The molecule has 0 unspecified atom stereocenters. The first kappa shape index (κ1) is 113. The number of pyridine rings is 8. The average molecular weight is 2630 g/mol. The van der Waals surface area contributed by atoms with Gasteiger partial charge in [-0.05, 0) is 179 Å². The fourth-order valence-electron chi connectivity index (χ4n) is 15.5. The maximum absolute atomic E-state index is 5.82. The van der Waals surface area contributed by atoms with Crippen molar-refractivity contribution in [2.75, 3.05) is 0 Å². The Morgan fingerprint density at radius 1 is 0.240 bits per heavy atom. The van der Waals surface area contributed by atoms with E-state index in [2.05, 4.69) is 366 Å². The van der Waals surface area contributed by atoms with Crippen molar-refractivity contribution >= 4 is 53.4 Å². The number of fused-ring (bicyclic) bond motifs is 6. The minimum atomic E-state index is 0. The minimum absolute atomic E-state index is 0. The second-order valence-electron chi connectivity index (χ2n) is 39.0. The zero-order valence-corrected chi connectivity index (χ0v) is 95.2. The Kier molecular flexibility index (Phi) is 41.8. The number of hydrogen-bond acceptors (Lipinski definition) is 10. The first-order valence-electron chi connectivity index (χ1n) is 47.9. The molecule has 9 nitrogen and oxygen atoms in total. The Morgan fingerprint density at radius 3 is 1.09 bits per heavy atom. The molecule has 0 N–H and O–H groups in total. The number of furan rings is 1. The van der Waals surface area contributed by atoms with Crippen LogP contribution in [0.2, 0.25) is 0 Å². The van der Waals surface area contributed by atoms with Crippen LogP contribution < -0.4 is 0 Å². The van der Waals surface area contributed by atoms with Gasteiger partial charge < -0.3 is 44.3 Å². The van der Waals surface area contributed by atoms with E-state index in [0.29, 0.717) is 5.41 Å². The van der Waals surface area contributed by atoms with Crippen LogP contribution in [0.15, 0.2) is 424 Å². The first-order chi connectivity index (χ1) is 68.6. The number of aromatic nitrogens is 8. The molecule has 0 aliphatic rings. The maximum Gasteiger partial charge on any atom is 0.120 e. The molecule has 0 aliphatic carbocycles. The number of rotatable bonds is 11. The van der Waals surface area contributed by atoms with Gasteiger partial charge in [0.1, 0.15) is 5.58 Å². The Bertz CT molecular complexity index is 7650. The standard InChI is InChI=1S/2C21H20N.C18H12NO.C17H10NS.C16H18N.C15H16N.2C12H10N.4Ir/c1-21(2,3)19-12-13-22-20(15-19)18-11-7-10-17(14-18)16-8-5-4-6-9-16;1-21(2,3)19-12-13-20(22-15-19)18-11-7-10-17(14-18)16-8-5-4-6-9-16;1-12-8-9-19-16(10-12)13-6-7-18-15(11-13)14-4-2-3-5-17(14)20-18;1-2-7-16-13(5-1)14-11-12(8-9-17(14)19-16)15-6-3-4-10-18-15;1-16(2,3)11-13-9-10-15(17-12-13)14-7-5-4-6-8-14;1-15(2,3)13-9-10-14(16-11-13)12-7-5-4-6-8-12;2*1-10-7-8-12(13-9-10)11-5-3-2-4-6-11;;;;/h2*4-10,12-15H,1-3H3;2-5,7-11H,1H3;1-7,9-11H;4-7,9-10,12H,11H2,1-3H3;4-7,9-11H,1-3H3;2*2-5,7-9H,1H3;;;;/q8*-1;;;;. The van der Waals surface area contributed by atoms with Crippen molar-refractivity contribution < 1.29 is 84.8 Å². The predicted octanol–water partition coefficient (Wildman–Crippen LogP) is 34.4. The van der Waals surface area contributed by atoms with Gasteiger partial charge >= 0.3 is 0 Å². The van der Waals surface area contributed by atoms with Gasteiger partial charge in [0.05, 0.1) is 5.58 Å². The van der Waals surface area contributed by atoms with E-state index in [0.717, 1.165) is 118 Å². The van der Waals surface area contributed by atoms with Crippen LogP contribution in [0.5, 0.6) is 0 Å². The number of benzene rings is 12. The van der Waals surface area contributed by atoms with Gasteiger partial charge in [-0.15, -0.1) is 262 Å². The van der Waals surface area contributed by atoms with Crippen LogP contribution in [0.3, 0.4) is 0 Å². The largest absolute Gasteiger partial charge is 0.500 e. The van der Waals surface area contributed by atoms with E-state index >= 15 is 0 Å². The van der Waals surface area contributed by atoms with E-state index in [4.69, 9.17) is 4.42 Å². The van der Waals surface area contributed by atoms with Crippen molar-refractivity contribution in [2.45, 2.75) is 127 Å². The number of para-hydroxylation sites is 1. The molecule has 0 spiro atoms. The molecule has 10 aromatic heterocycles. The van der Waals surface area contributed by atoms with Gasteiger partial charge in [0, 0.05) is 140 Å². The molecule has 0 aliphatic heterocycles. The Morgan fingerprint density at radius 2 is 0.637 bits per heavy atom. The van der Waals surface area contributed by atoms with Gasteiger partial charge in [-0.25, -0.2) is 0 Å². The summed E-state index contributed by atoms with van der Waals surface area (Å²) >= 11 is 1.81. The fraction of sp³-hybridized carbons (Fsp3) is 0.152. The van der Waals surface area contributed by atoms with Gasteiger partial charge in [0.15, 0.2) is 0 Å². The Balaban J connectivity index is 0.000000159. The normalized spacial score (nSPS) is 10.8. The third-order valence-corrected chi connectivity index (χ3v) is 24.5. The molecule has 22 aromatic rings. The maximum atomic E-state index is 5.82. The summed E-state index contributed by atoms with van der Waals surface area (Å²) in [6.45, 7) is 32.7. The number of nitrogens with zero attached hydrogens (tertiary/aromatic N) is 8. The minimum Gasteiger partial charge on any atom is -0.500 e.